The van der Waals surface area contributed by atoms with E-state index in [1.165, 1.54) is 5.56 Å². The van der Waals surface area contributed by atoms with Gasteiger partial charge in [0.25, 0.3) is 5.91 Å². The number of carbonyl (C=O) groups excluding carboxylic acids is 2. The van der Waals surface area contributed by atoms with Crippen LogP contribution < -0.4 is 0 Å². The highest BCUT2D eigenvalue weighted by atomic mass is 16.5. The summed E-state index contributed by atoms with van der Waals surface area (Å²) < 4.78 is 5.88. The molecular formula is C21H27N5O3. The van der Waals surface area contributed by atoms with Crippen molar-refractivity contribution in [1.82, 2.24) is 9.80 Å². The van der Waals surface area contributed by atoms with E-state index in [9.17, 15) is 9.59 Å². The predicted octanol–water partition coefficient (Wildman–Crippen LogP) is 3.00. The van der Waals surface area contributed by atoms with Crippen molar-refractivity contribution in [3.8, 4) is 0 Å². The van der Waals surface area contributed by atoms with Crippen LogP contribution in [0.5, 0.6) is 0 Å². The molecule has 0 radical (unpaired) electrons. The van der Waals surface area contributed by atoms with Crippen LogP contribution in [0.15, 0.2) is 42.0 Å². The third-order valence-corrected chi connectivity index (χ3v) is 5.87. The van der Waals surface area contributed by atoms with Crippen LogP contribution in [0.1, 0.15) is 36.9 Å². The molecule has 2 heterocycles. The SMILES string of the molecule is C=C[C@H]1c2ccccc2CCN1C(=O)[C@H]1CC(N=[N+]=[N-])[C@@H](N(C)C(=O)CC)CO1. The van der Waals surface area contributed by atoms with Crippen molar-refractivity contribution < 1.29 is 14.3 Å². The zero-order valence-corrected chi connectivity index (χ0v) is 16.9. The fraction of sp³-hybridized carbons (Fsp3) is 0.524. The summed E-state index contributed by atoms with van der Waals surface area (Å²) in [4.78, 5) is 31.6. The molecule has 1 aromatic carbocycles. The number of benzene rings is 1. The summed E-state index contributed by atoms with van der Waals surface area (Å²) in [6.45, 7) is 6.44. The van der Waals surface area contributed by atoms with Gasteiger partial charge in [0, 0.05) is 24.9 Å². The molecule has 3 rings (SSSR count). The number of ether oxygens (including phenoxy) is 1. The number of hydrogen-bond donors (Lipinski definition) is 0. The Balaban J connectivity index is 1.77. The van der Waals surface area contributed by atoms with Crippen LogP contribution in [0.25, 0.3) is 10.4 Å². The van der Waals surface area contributed by atoms with Gasteiger partial charge in [0.2, 0.25) is 5.91 Å². The van der Waals surface area contributed by atoms with Crippen molar-refractivity contribution >= 4 is 11.8 Å². The molecular weight excluding hydrogens is 370 g/mol. The second-order valence-electron chi connectivity index (χ2n) is 7.42. The third kappa shape index (κ3) is 4.13. The predicted molar refractivity (Wildman–Crippen MR) is 109 cm³/mol. The molecule has 1 aromatic rings. The number of hydrogen-bond acceptors (Lipinski definition) is 4. The Morgan fingerprint density at radius 3 is 2.90 bits per heavy atom. The quantitative estimate of drug-likeness (QED) is 0.330. The highest BCUT2D eigenvalue weighted by Gasteiger charge is 2.40. The van der Waals surface area contributed by atoms with Gasteiger partial charge >= 0.3 is 0 Å². The average Bonchev–Trinajstić information content (AvgIpc) is 2.76. The van der Waals surface area contributed by atoms with Gasteiger partial charge in [-0.2, -0.15) is 0 Å². The molecule has 8 nitrogen and oxygen atoms in total. The lowest BCUT2D eigenvalue weighted by Gasteiger charge is -2.42. The van der Waals surface area contributed by atoms with E-state index in [0.29, 0.717) is 13.0 Å². The molecule has 29 heavy (non-hydrogen) atoms. The van der Waals surface area contributed by atoms with Crippen LogP contribution in [0.2, 0.25) is 0 Å². The van der Waals surface area contributed by atoms with Gasteiger partial charge in [-0.3, -0.25) is 9.59 Å². The van der Waals surface area contributed by atoms with E-state index in [1.807, 2.05) is 18.2 Å². The maximum Gasteiger partial charge on any atom is 0.252 e. The molecule has 0 bridgehead atoms. The number of carbonyl (C=O) groups is 2. The standard InChI is InChI=1S/C21H27N5O3/c1-4-17-15-9-7-6-8-14(15)10-11-26(17)21(28)19-12-16(23-24-22)18(13-29-19)25(3)20(27)5-2/h4,6-9,16-19H,1,5,10-13H2,2-3H3/t16?,17-,18-,19+/m0/s1. The van der Waals surface area contributed by atoms with Crippen molar-refractivity contribution in [2.45, 2.75) is 50.4 Å². The number of azide groups is 1. The van der Waals surface area contributed by atoms with Crippen LogP contribution in [0, 0.1) is 0 Å². The number of rotatable bonds is 5. The topological polar surface area (TPSA) is 98.6 Å². The molecule has 1 fully saturated rings. The van der Waals surface area contributed by atoms with E-state index in [1.54, 1.807) is 29.8 Å². The first-order valence-corrected chi connectivity index (χ1v) is 9.94. The van der Waals surface area contributed by atoms with Crippen molar-refractivity contribution in [3.05, 3.63) is 58.5 Å². The number of nitrogens with zero attached hydrogens (tertiary/aromatic N) is 5. The van der Waals surface area contributed by atoms with E-state index >= 15 is 0 Å². The second kappa shape index (κ2) is 9.11. The molecule has 154 valence electrons. The fourth-order valence-corrected chi connectivity index (χ4v) is 4.22. The Morgan fingerprint density at radius 2 is 2.21 bits per heavy atom. The Bertz CT molecular complexity index is 835. The average molecular weight is 397 g/mol. The summed E-state index contributed by atoms with van der Waals surface area (Å²) in [5, 5.41) is 3.87. The Kier molecular flexibility index (Phi) is 6.56. The third-order valence-electron chi connectivity index (χ3n) is 5.87. The van der Waals surface area contributed by atoms with Crippen molar-refractivity contribution in [2.24, 2.45) is 5.11 Å². The van der Waals surface area contributed by atoms with Gasteiger partial charge in [-0.1, -0.05) is 42.4 Å². The summed E-state index contributed by atoms with van der Waals surface area (Å²) in [6.07, 6.45) is 2.44. The van der Waals surface area contributed by atoms with Crippen LogP contribution in [0.3, 0.4) is 0 Å². The van der Waals surface area contributed by atoms with Gasteiger partial charge in [-0.25, -0.2) is 0 Å². The van der Waals surface area contributed by atoms with Crippen LogP contribution in [-0.2, 0) is 20.7 Å². The van der Waals surface area contributed by atoms with Crippen LogP contribution >= 0.6 is 0 Å². The maximum atomic E-state index is 13.3. The van der Waals surface area contributed by atoms with E-state index < -0.39 is 12.1 Å². The molecule has 0 saturated carbocycles. The lowest BCUT2D eigenvalue weighted by molar-refractivity contribution is -0.154. The molecule has 8 heteroatoms. The van der Waals surface area contributed by atoms with Gasteiger partial charge in [-0.05, 0) is 29.5 Å². The lowest BCUT2D eigenvalue weighted by Crippen LogP contribution is -2.55. The number of amides is 2. The summed E-state index contributed by atoms with van der Waals surface area (Å²) >= 11 is 0. The largest absolute Gasteiger partial charge is 0.366 e. The highest BCUT2D eigenvalue weighted by molar-refractivity contribution is 5.82. The van der Waals surface area contributed by atoms with Gasteiger partial charge in [0.1, 0.15) is 6.10 Å². The Hall–Kier alpha value is -2.83. The first kappa shape index (κ1) is 20.9. The second-order valence-corrected chi connectivity index (χ2v) is 7.42. The fourth-order valence-electron chi connectivity index (χ4n) is 4.22. The highest BCUT2D eigenvalue weighted by Crippen LogP contribution is 2.32. The maximum absolute atomic E-state index is 13.3. The summed E-state index contributed by atoms with van der Waals surface area (Å²) in [5.74, 6) is -0.189. The normalized spacial score (nSPS) is 26.1. The minimum Gasteiger partial charge on any atom is -0.366 e. The minimum absolute atomic E-state index is 0.0547. The van der Waals surface area contributed by atoms with Crippen molar-refractivity contribution in [2.75, 3.05) is 20.2 Å². The molecule has 2 aliphatic rings. The van der Waals surface area contributed by atoms with Crippen LogP contribution in [0.4, 0.5) is 0 Å². The smallest absolute Gasteiger partial charge is 0.252 e. The molecule has 2 aliphatic heterocycles. The molecule has 0 aromatic heterocycles. The molecule has 0 spiro atoms. The van der Waals surface area contributed by atoms with Gasteiger partial charge in [0.05, 0.1) is 24.7 Å². The first-order valence-electron chi connectivity index (χ1n) is 9.94. The molecule has 2 amide bonds. The monoisotopic (exact) mass is 397 g/mol. The van der Waals surface area contributed by atoms with E-state index in [4.69, 9.17) is 10.3 Å². The van der Waals surface area contributed by atoms with Crippen LogP contribution in [-0.4, -0.2) is 60.0 Å². The van der Waals surface area contributed by atoms with E-state index in [0.717, 1.165) is 12.0 Å². The summed E-state index contributed by atoms with van der Waals surface area (Å²) in [5.41, 5.74) is 11.3. The van der Waals surface area contributed by atoms with Gasteiger partial charge in [-0.15, -0.1) is 6.58 Å². The Morgan fingerprint density at radius 1 is 1.45 bits per heavy atom. The van der Waals surface area contributed by atoms with Crippen molar-refractivity contribution in [3.63, 3.8) is 0 Å². The van der Waals surface area contributed by atoms with Crippen molar-refractivity contribution in [1.29, 1.82) is 0 Å². The zero-order valence-electron chi connectivity index (χ0n) is 16.9. The van der Waals surface area contributed by atoms with Gasteiger partial charge < -0.3 is 14.5 Å². The number of likely N-dealkylation sites (N-methyl/N-ethyl adjacent to an activating group) is 1. The molecule has 0 N–H and O–H groups in total. The van der Waals surface area contributed by atoms with Gasteiger partial charge in [0.15, 0.2) is 0 Å². The molecule has 0 aliphatic carbocycles. The molecule has 1 unspecified atom stereocenters. The summed E-state index contributed by atoms with van der Waals surface area (Å²) in [7, 11) is 1.68. The van der Waals surface area contributed by atoms with E-state index in [-0.39, 0.29) is 36.9 Å². The minimum atomic E-state index is -0.709. The summed E-state index contributed by atoms with van der Waals surface area (Å²) in [6, 6.07) is 6.96. The molecule has 4 atom stereocenters. The van der Waals surface area contributed by atoms with E-state index in [2.05, 4.69) is 22.7 Å². The first-order chi connectivity index (χ1) is 14.0. The number of fused-ring (bicyclic) bond motifs is 1. The zero-order chi connectivity index (χ0) is 21.0. The molecule has 1 saturated heterocycles. The Labute approximate surface area is 170 Å². The lowest BCUT2D eigenvalue weighted by atomic mass is 9.91.